The van der Waals surface area contributed by atoms with Gasteiger partial charge in [-0.3, -0.25) is 9.59 Å². The first-order valence-electron chi connectivity index (χ1n) is 4.60. The zero-order chi connectivity index (χ0) is 10.0. The summed E-state index contributed by atoms with van der Waals surface area (Å²) in [6.45, 7) is 3.85. The van der Waals surface area contributed by atoms with Crippen molar-refractivity contribution in [1.82, 2.24) is 4.90 Å². The third kappa shape index (κ3) is 2.06. The Hall–Kier alpha value is -0.900. The largest absolute Gasteiger partial charge is 0.331 e. The van der Waals surface area contributed by atoms with E-state index in [1.54, 1.807) is 11.8 Å². The van der Waals surface area contributed by atoms with Crippen LogP contribution in [0.15, 0.2) is 0 Å². The quantitative estimate of drug-likeness (QED) is 0.652. The Balaban J connectivity index is 2.68. The zero-order valence-electron chi connectivity index (χ0n) is 8.12. The van der Waals surface area contributed by atoms with Gasteiger partial charge in [-0.25, -0.2) is 0 Å². The molecule has 0 unspecified atom stereocenters. The summed E-state index contributed by atoms with van der Waals surface area (Å²) >= 11 is 0. The summed E-state index contributed by atoms with van der Waals surface area (Å²) in [5, 5.41) is 0. The van der Waals surface area contributed by atoms with Crippen molar-refractivity contribution < 1.29 is 9.59 Å². The maximum atomic E-state index is 11.5. The number of Topliss-reactive ketones (excluding diaryl/α,β-unsaturated/α-hetero) is 1. The average molecular weight is 184 g/mol. The van der Waals surface area contributed by atoms with Crippen molar-refractivity contribution in [2.24, 2.45) is 5.73 Å². The number of amides is 1. The Bertz CT molecular complexity index is 226. The number of carbonyl (C=O) groups is 2. The standard InChI is InChI=1S/C9H16N2O2/c1-6(10)9(13)11-5-3-4-8(11)7(2)12/h6,8H,3-5,10H2,1-2H3/t6-,8+/m0/s1. The van der Waals surface area contributed by atoms with E-state index in [2.05, 4.69) is 0 Å². The van der Waals surface area contributed by atoms with Crippen LogP contribution in [0.1, 0.15) is 26.7 Å². The Morgan fingerprint density at radius 1 is 1.54 bits per heavy atom. The second kappa shape index (κ2) is 3.87. The first-order valence-corrected chi connectivity index (χ1v) is 4.60. The molecule has 2 N–H and O–H groups in total. The normalized spacial score (nSPS) is 24.5. The number of hydrogen-bond donors (Lipinski definition) is 1. The van der Waals surface area contributed by atoms with Crippen LogP contribution >= 0.6 is 0 Å². The van der Waals surface area contributed by atoms with Gasteiger partial charge in [0.1, 0.15) is 0 Å². The van der Waals surface area contributed by atoms with E-state index in [1.807, 2.05) is 0 Å². The number of ketones is 1. The molecule has 1 aliphatic rings. The van der Waals surface area contributed by atoms with Crippen molar-refractivity contribution >= 4 is 11.7 Å². The molecule has 4 heteroatoms. The average Bonchev–Trinajstić information content (AvgIpc) is 2.50. The van der Waals surface area contributed by atoms with Gasteiger partial charge in [0.15, 0.2) is 5.78 Å². The van der Waals surface area contributed by atoms with Gasteiger partial charge in [-0.15, -0.1) is 0 Å². The smallest absolute Gasteiger partial charge is 0.239 e. The van der Waals surface area contributed by atoms with Crippen LogP contribution in [0.5, 0.6) is 0 Å². The van der Waals surface area contributed by atoms with Crippen LogP contribution in [0.2, 0.25) is 0 Å². The fraction of sp³-hybridized carbons (Fsp3) is 0.778. The van der Waals surface area contributed by atoms with Crippen molar-refractivity contribution in [3.05, 3.63) is 0 Å². The summed E-state index contributed by atoms with van der Waals surface area (Å²) in [6, 6.07) is -0.724. The molecule has 1 amide bonds. The molecule has 0 aromatic carbocycles. The van der Waals surface area contributed by atoms with Crippen LogP contribution in [-0.2, 0) is 9.59 Å². The van der Waals surface area contributed by atoms with Gasteiger partial charge in [-0.1, -0.05) is 0 Å². The molecular weight excluding hydrogens is 168 g/mol. The van der Waals surface area contributed by atoms with Crippen LogP contribution in [-0.4, -0.2) is 35.2 Å². The van der Waals surface area contributed by atoms with Gasteiger partial charge in [0.25, 0.3) is 0 Å². The minimum atomic E-state index is -0.500. The summed E-state index contributed by atoms with van der Waals surface area (Å²) in [4.78, 5) is 24.3. The Morgan fingerprint density at radius 3 is 2.62 bits per heavy atom. The van der Waals surface area contributed by atoms with E-state index in [1.165, 1.54) is 6.92 Å². The number of nitrogens with zero attached hydrogens (tertiary/aromatic N) is 1. The molecule has 1 aliphatic heterocycles. The van der Waals surface area contributed by atoms with Crippen LogP contribution in [0.25, 0.3) is 0 Å². The fourth-order valence-electron chi connectivity index (χ4n) is 1.71. The summed E-state index contributed by atoms with van der Waals surface area (Å²) in [7, 11) is 0. The highest BCUT2D eigenvalue weighted by Crippen LogP contribution is 2.18. The molecule has 0 aromatic rings. The van der Waals surface area contributed by atoms with Crippen LogP contribution < -0.4 is 5.73 Å². The third-order valence-corrected chi connectivity index (χ3v) is 2.39. The molecule has 0 bridgehead atoms. The summed E-state index contributed by atoms with van der Waals surface area (Å²) in [5.41, 5.74) is 5.48. The van der Waals surface area contributed by atoms with E-state index < -0.39 is 6.04 Å². The molecule has 1 rings (SSSR count). The highest BCUT2D eigenvalue weighted by atomic mass is 16.2. The van der Waals surface area contributed by atoms with Crippen molar-refractivity contribution in [2.45, 2.75) is 38.8 Å². The van der Waals surface area contributed by atoms with E-state index in [-0.39, 0.29) is 17.7 Å². The molecule has 1 saturated heterocycles. The van der Waals surface area contributed by atoms with Crippen LogP contribution in [0.4, 0.5) is 0 Å². The van der Waals surface area contributed by atoms with Gasteiger partial charge in [0, 0.05) is 6.54 Å². The number of likely N-dealkylation sites (tertiary alicyclic amines) is 1. The van der Waals surface area contributed by atoms with Crippen molar-refractivity contribution in [3.63, 3.8) is 0 Å². The number of carbonyl (C=O) groups excluding carboxylic acids is 2. The Labute approximate surface area is 78.1 Å². The summed E-state index contributed by atoms with van der Waals surface area (Å²) in [5.74, 6) is -0.0517. The summed E-state index contributed by atoms with van der Waals surface area (Å²) < 4.78 is 0. The molecule has 0 saturated carbocycles. The number of rotatable bonds is 2. The number of hydrogen-bond acceptors (Lipinski definition) is 3. The summed E-state index contributed by atoms with van der Waals surface area (Å²) in [6.07, 6.45) is 1.69. The Morgan fingerprint density at radius 2 is 2.15 bits per heavy atom. The number of nitrogens with two attached hydrogens (primary N) is 1. The SMILES string of the molecule is CC(=O)[C@H]1CCCN1C(=O)[C@H](C)N. The minimum absolute atomic E-state index is 0.0616. The van der Waals surface area contributed by atoms with Gasteiger partial charge in [-0.05, 0) is 26.7 Å². The molecule has 0 spiro atoms. The first kappa shape index (κ1) is 10.2. The van der Waals surface area contributed by atoms with Gasteiger partial charge < -0.3 is 10.6 Å². The van der Waals surface area contributed by atoms with Gasteiger partial charge in [0.05, 0.1) is 12.1 Å². The maximum Gasteiger partial charge on any atom is 0.239 e. The lowest BCUT2D eigenvalue weighted by atomic mass is 10.1. The second-order valence-electron chi connectivity index (χ2n) is 3.59. The first-order chi connectivity index (χ1) is 6.04. The molecule has 0 radical (unpaired) electrons. The van der Waals surface area contributed by atoms with Gasteiger partial charge >= 0.3 is 0 Å². The predicted octanol–water partition coefficient (Wildman–Crippen LogP) is -0.0864. The van der Waals surface area contributed by atoms with Crippen molar-refractivity contribution in [3.8, 4) is 0 Å². The lowest BCUT2D eigenvalue weighted by molar-refractivity contribution is -0.137. The molecule has 4 nitrogen and oxygen atoms in total. The van der Waals surface area contributed by atoms with Crippen molar-refractivity contribution in [2.75, 3.05) is 6.54 Å². The second-order valence-corrected chi connectivity index (χ2v) is 3.59. The lowest BCUT2D eigenvalue weighted by Gasteiger charge is -2.24. The highest BCUT2D eigenvalue weighted by molar-refractivity contribution is 5.89. The van der Waals surface area contributed by atoms with E-state index in [0.29, 0.717) is 6.54 Å². The van der Waals surface area contributed by atoms with E-state index in [0.717, 1.165) is 12.8 Å². The van der Waals surface area contributed by atoms with Crippen LogP contribution in [0.3, 0.4) is 0 Å². The molecule has 1 heterocycles. The van der Waals surface area contributed by atoms with E-state index in [4.69, 9.17) is 5.73 Å². The lowest BCUT2D eigenvalue weighted by Crippen LogP contribution is -2.46. The molecule has 0 aliphatic carbocycles. The van der Waals surface area contributed by atoms with Crippen LogP contribution in [0, 0.1) is 0 Å². The molecule has 74 valence electrons. The van der Waals surface area contributed by atoms with E-state index in [9.17, 15) is 9.59 Å². The predicted molar refractivity (Wildman–Crippen MR) is 49.1 cm³/mol. The monoisotopic (exact) mass is 184 g/mol. The minimum Gasteiger partial charge on any atom is -0.331 e. The third-order valence-electron chi connectivity index (χ3n) is 2.39. The zero-order valence-corrected chi connectivity index (χ0v) is 8.12. The van der Waals surface area contributed by atoms with Gasteiger partial charge in [0.2, 0.25) is 5.91 Å². The fourth-order valence-corrected chi connectivity index (χ4v) is 1.71. The van der Waals surface area contributed by atoms with Gasteiger partial charge in [-0.2, -0.15) is 0 Å². The maximum absolute atomic E-state index is 11.5. The molecule has 0 aromatic heterocycles. The van der Waals surface area contributed by atoms with E-state index >= 15 is 0 Å². The molecule has 13 heavy (non-hydrogen) atoms. The molecular formula is C9H16N2O2. The Kier molecular flexibility index (Phi) is 3.03. The van der Waals surface area contributed by atoms with Crippen molar-refractivity contribution in [1.29, 1.82) is 0 Å². The molecule has 1 fully saturated rings. The molecule has 2 atom stereocenters. The topological polar surface area (TPSA) is 63.4 Å². The highest BCUT2D eigenvalue weighted by Gasteiger charge is 2.32.